The van der Waals surface area contributed by atoms with Crippen LogP contribution in [-0.2, 0) is 11.0 Å². The molecule has 2 aliphatic rings. The van der Waals surface area contributed by atoms with E-state index < -0.39 is 17.3 Å². The highest BCUT2D eigenvalue weighted by Gasteiger charge is 2.50. The van der Waals surface area contributed by atoms with Crippen molar-refractivity contribution < 1.29 is 18.0 Å². The summed E-state index contributed by atoms with van der Waals surface area (Å²) in [5, 5.41) is 3.50. The van der Waals surface area contributed by atoms with Crippen LogP contribution in [0.4, 0.5) is 13.2 Å². The molecule has 1 aromatic carbocycles. The lowest BCUT2D eigenvalue weighted by atomic mass is 9.96. The summed E-state index contributed by atoms with van der Waals surface area (Å²) >= 11 is 0. The summed E-state index contributed by atoms with van der Waals surface area (Å²) in [5.74, 6) is 0.130. The molecule has 0 unspecified atom stereocenters. The number of pyridine rings is 1. The van der Waals surface area contributed by atoms with Crippen molar-refractivity contribution in [2.45, 2.75) is 43.9 Å². The van der Waals surface area contributed by atoms with Gasteiger partial charge in [-0.05, 0) is 61.6 Å². The Labute approximate surface area is 173 Å². The fourth-order valence-electron chi connectivity index (χ4n) is 4.28. The monoisotopic (exact) mass is 425 g/mol. The molecule has 4 nitrogen and oxygen atoms in total. The number of halogens is 4. The Bertz CT molecular complexity index is 916. The third-order valence-electron chi connectivity index (χ3n) is 5.82. The van der Waals surface area contributed by atoms with Crippen LogP contribution >= 0.6 is 12.4 Å². The summed E-state index contributed by atoms with van der Waals surface area (Å²) in [4.78, 5) is 18.9. The van der Waals surface area contributed by atoms with Gasteiger partial charge in [0.15, 0.2) is 0 Å². The Morgan fingerprint density at radius 1 is 1.14 bits per heavy atom. The molecule has 0 radical (unpaired) electrons. The van der Waals surface area contributed by atoms with Crippen LogP contribution in [0.2, 0.25) is 0 Å². The normalized spacial score (nSPS) is 24.2. The zero-order chi connectivity index (χ0) is 20.1. The number of hydrogen-bond acceptors (Lipinski definition) is 3. The fraction of sp³-hybridized carbons (Fsp3) is 0.429. The second kappa shape index (κ2) is 7.61. The van der Waals surface area contributed by atoms with Crippen molar-refractivity contribution in [3.05, 3.63) is 53.3 Å². The Morgan fingerprint density at radius 3 is 2.41 bits per heavy atom. The van der Waals surface area contributed by atoms with E-state index in [2.05, 4.69) is 10.3 Å². The number of aromatic nitrogens is 1. The highest BCUT2D eigenvalue weighted by molar-refractivity contribution is 5.88. The van der Waals surface area contributed by atoms with E-state index in [4.69, 9.17) is 0 Å². The van der Waals surface area contributed by atoms with Crippen LogP contribution < -0.4 is 5.32 Å². The number of rotatable bonds is 2. The van der Waals surface area contributed by atoms with E-state index in [0.29, 0.717) is 5.56 Å². The zero-order valence-corrected chi connectivity index (χ0v) is 17.0. The van der Waals surface area contributed by atoms with Gasteiger partial charge < -0.3 is 4.90 Å². The van der Waals surface area contributed by atoms with Gasteiger partial charge in [-0.3, -0.25) is 15.1 Å². The van der Waals surface area contributed by atoms with Crippen molar-refractivity contribution >= 4 is 18.3 Å². The molecule has 2 aromatic rings. The first-order valence-electron chi connectivity index (χ1n) is 9.37. The number of nitrogens with zero attached hydrogens (tertiary/aromatic N) is 2. The number of carbonyl (C=O) groups is 1. The molecule has 3 heterocycles. The number of carbonyl (C=O) groups excluding carboxylic acids is 1. The summed E-state index contributed by atoms with van der Waals surface area (Å²) in [5.41, 5.74) is 2.00. The van der Waals surface area contributed by atoms with Gasteiger partial charge in [0, 0.05) is 19.3 Å². The van der Waals surface area contributed by atoms with Crippen LogP contribution in [0.3, 0.4) is 0 Å². The number of likely N-dealkylation sites (tertiary alicyclic amines) is 1. The summed E-state index contributed by atoms with van der Waals surface area (Å²) < 4.78 is 38.4. The third kappa shape index (κ3) is 3.98. The molecular formula is C21H23ClF3N3O. The molecule has 0 aliphatic carbocycles. The second-order valence-corrected chi connectivity index (χ2v) is 7.79. The minimum absolute atomic E-state index is 0. The van der Waals surface area contributed by atoms with E-state index in [9.17, 15) is 18.0 Å². The summed E-state index contributed by atoms with van der Waals surface area (Å²) in [7, 11) is 1.82. The van der Waals surface area contributed by atoms with Gasteiger partial charge in [-0.2, -0.15) is 13.2 Å². The molecule has 2 atom stereocenters. The van der Waals surface area contributed by atoms with Gasteiger partial charge in [0.1, 0.15) is 5.54 Å². The molecule has 1 spiro atoms. The number of aryl methyl sites for hydroxylation is 1. The van der Waals surface area contributed by atoms with Crippen LogP contribution in [0.15, 0.2) is 36.4 Å². The van der Waals surface area contributed by atoms with Crippen molar-refractivity contribution in [3.63, 3.8) is 0 Å². The second-order valence-electron chi connectivity index (χ2n) is 7.79. The summed E-state index contributed by atoms with van der Waals surface area (Å²) in [6.07, 6.45) is -1.98. The standard InChI is InChI=1S/C21H22F3N3O.ClH/c1-13-11-15(14-3-5-16(6-4-14)21(22,23)24)12-18(25-13)17-7-8-20(26-17)9-10-27(2)19(20)28;/h3-6,11-12,17,26H,7-10H2,1-2H3;1H/t17-,20+;/m0./s1. The number of hydrogen-bond donors (Lipinski definition) is 1. The molecule has 0 saturated carbocycles. The molecule has 1 N–H and O–H groups in total. The number of amides is 1. The van der Waals surface area contributed by atoms with Gasteiger partial charge in [0.25, 0.3) is 0 Å². The lowest BCUT2D eigenvalue weighted by Crippen LogP contribution is -2.47. The molecule has 156 valence electrons. The highest BCUT2D eigenvalue weighted by Crippen LogP contribution is 2.39. The topological polar surface area (TPSA) is 45.2 Å². The average molecular weight is 426 g/mol. The van der Waals surface area contributed by atoms with E-state index in [0.717, 1.165) is 54.9 Å². The van der Waals surface area contributed by atoms with Gasteiger partial charge in [-0.15, -0.1) is 12.4 Å². The lowest BCUT2D eigenvalue weighted by Gasteiger charge is -2.23. The minimum Gasteiger partial charge on any atom is -0.344 e. The van der Waals surface area contributed by atoms with Crippen LogP contribution in [0, 0.1) is 6.92 Å². The molecule has 1 amide bonds. The molecule has 1 aromatic heterocycles. The predicted octanol–water partition coefficient (Wildman–Crippen LogP) is 4.52. The highest BCUT2D eigenvalue weighted by atomic mass is 35.5. The quantitative estimate of drug-likeness (QED) is 0.769. The zero-order valence-electron chi connectivity index (χ0n) is 16.2. The summed E-state index contributed by atoms with van der Waals surface area (Å²) in [6, 6.07) is 8.91. The molecule has 2 saturated heterocycles. The van der Waals surface area contributed by atoms with Crippen molar-refractivity contribution in [3.8, 4) is 11.1 Å². The number of likely N-dealkylation sites (N-methyl/N-ethyl adjacent to an activating group) is 1. The predicted molar refractivity (Wildman–Crippen MR) is 107 cm³/mol. The molecule has 2 fully saturated rings. The Hall–Kier alpha value is -2.12. The molecule has 8 heteroatoms. The van der Waals surface area contributed by atoms with Crippen molar-refractivity contribution in [2.75, 3.05) is 13.6 Å². The SMILES string of the molecule is Cc1cc(-c2ccc(C(F)(F)F)cc2)cc([C@@H]2CC[C@]3(CCN(C)C3=O)N2)n1.Cl. The maximum Gasteiger partial charge on any atom is 0.416 e. The smallest absolute Gasteiger partial charge is 0.344 e. The van der Waals surface area contributed by atoms with E-state index in [1.165, 1.54) is 12.1 Å². The summed E-state index contributed by atoms with van der Waals surface area (Å²) in [6.45, 7) is 2.62. The first-order valence-corrected chi connectivity index (χ1v) is 9.37. The minimum atomic E-state index is -4.35. The van der Waals surface area contributed by atoms with E-state index in [-0.39, 0.29) is 24.4 Å². The Morgan fingerprint density at radius 2 is 1.83 bits per heavy atom. The van der Waals surface area contributed by atoms with Crippen molar-refractivity contribution in [1.82, 2.24) is 15.2 Å². The Balaban J connectivity index is 0.00000240. The van der Waals surface area contributed by atoms with Crippen molar-refractivity contribution in [1.29, 1.82) is 0 Å². The first kappa shape index (κ1) is 21.6. The third-order valence-corrected chi connectivity index (χ3v) is 5.82. The van der Waals surface area contributed by atoms with E-state index in [1.807, 2.05) is 26.1 Å². The number of benzene rings is 1. The van der Waals surface area contributed by atoms with Gasteiger partial charge in [-0.25, -0.2) is 0 Å². The molecule has 4 rings (SSSR count). The van der Waals surface area contributed by atoms with E-state index >= 15 is 0 Å². The Kier molecular flexibility index (Phi) is 5.66. The molecule has 0 bridgehead atoms. The number of alkyl halides is 3. The van der Waals surface area contributed by atoms with Gasteiger partial charge in [0.2, 0.25) is 5.91 Å². The van der Waals surface area contributed by atoms with Crippen LogP contribution in [0.25, 0.3) is 11.1 Å². The largest absolute Gasteiger partial charge is 0.416 e. The van der Waals surface area contributed by atoms with Crippen molar-refractivity contribution in [2.24, 2.45) is 0 Å². The maximum absolute atomic E-state index is 12.8. The van der Waals surface area contributed by atoms with Crippen LogP contribution in [0.1, 0.15) is 42.3 Å². The number of nitrogens with one attached hydrogen (secondary N) is 1. The van der Waals surface area contributed by atoms with E-state index in [1.54, 1.807) is 4.90 Å². The fourth-order valence-corrected chi connectivity index (χ4v) is 4.28. The first-order chi connectivity index (χ1) is 13.2. The lowest BCUT2D eigenvalue weighted by molar-refractivity contribution is -0.137. The maximum atomic E-state index is 12.8. The average Bonchev–Trinajstić information content (AvgIpc) is 3.21. The van der Waals surface area contributed by atoms with Gasteiger partial charge >= 0.3 is 6.18 Å². The van der Waals surface area contributed by atoms with Gasteiger partial charge in [0.05, 0.1) is 17.3 Å². The van der Waals surface area contributed by atoms with Gasteiger partial charge in [-0.1, -0.05) is 12.1 Å². The molecule has 2 aliphatic heterocycles. The molecule has 29 heavy (non-hydrogen) atoms. The molecular weight excluding hydrogens is 403 g/mol. The van der Waals surface area contributed by atoms with Crippen LogP contribution in [0.5, 0.6) is 0 Å². The van der Waals surface area contributed by atoms with Crippen LogP contribution in [-0.4, -0.2) is 34.9 Å².